The summed E-state index contributed by atoms with van der Waals surface area (Å²) in [5.41, 5.74) is 0.886. The second-order valence-corrected chi connectivity index (χ2v) is 7.12. The van der Waals surface area contributed by atoms with Crippen LogP contribution >= 0.6 is 23.2 Å². The van der Waals surface area contributed by atoms with Gasteiger partial charge in [-0.3, -0.25) is 4.68 Å². The van der Waals surface area contributed by atoms with Crippen LogP contribution in [0.4, 0.5) is 13.2 Å². The molecule has 8 heteroatoms. The van der Waals surface area contributed by atoms with E-state index in [4.69, 9.17) is 28.3 Å². The lowest BCUT2D eigenvalue weighted by molar-refractivity contribution is -0.137. The Labute approximate surface area is 170 Å². The smallest absolute Gasteiger partial charge is 0.396 e. The van der Waals surface area contributed by atoms with E-state index in [1.807, 2.05) is 6.08 Å². The molecule has 0 aliphatic carbocycles. The Hall–Kier alpha value is -2.02. The first-order valence-electron chi connectivity index (χ1n) is 8.58. The standard InChI is InChI=1S/C20H17Cl2F3N2O/c21-15-7-5-13(17(22)11-15)12-27-19-10-14(20(23,24)25)6-8-16(19)18(26-27)4-2-1-3-9-28/h2,4-8,10-11,28H,1,3,9,12H2/b4-2+. The van der Waals surface area contributed by atoms with Crippen molar-refractivity contribution in [3.05, 3.63) is 69.3 Å². The van der Waals surface area contributed by atoms with Gasteiger partial charge in [0.1, 0.15) is 0 Å². The van der Waals surface area contributed by atoms with Gasteiger partial charge in [0.05, 0.1) is 23.3 Å². The first-order valence-corrected chi connectivity index (χ1v) is 9.34. The molecule has 148 valence electrons. The van der Waals surface area contributed by atoms with E-state index in [1.54, 1.807) is 24.3 Å². The lowest BCUT2D eigenvalue weighted by Gasteiger charge is -2.09. The number of halogens is 5. The zero-order chi connectivity index (χ0) is 20.3. The first kappa shape index (κ1) is 20.7. The molecule has 1 heterocycles. The number of fused-ring (bicyclic) bond motifs is 1. The molecule has 28 heavy (non-hydrogen) atoms. The third-order valence-electron chi connectivity index (χ3n) is 4.25. The van der Waals surface area contributed by atoms with Crippen LogP contribution in [-0.4, -0.2) is 21.5 Å². The number of aromatic nitrogens is 2. The van der Waals surface area contributed by atoms with Gasteiger partial charge in [0.15, 0.2) is 0 Å². The highest BCUT2D eigenvalue weighted by atomic mass is 35.5. The minimum Gasteiger partial charge on any atom is -0.396 e. The minimum atomic E-state index is -4.45. The van der Waals surface area contributed by atoms with Crippen molar-refractivity contribution >= 4 is 40.2 Å². The van der Waals surface area contributed by atoms with E-state index in [-0.39, 0.29) is 13.2 Å². The van der Waals surface area contributed by atoms with Crippen LogP contribution in [0.3, 0.4) is 0 Å². The number of nitrogens with zero attached hydrogens (tertiary/aromatic N) is 2. The Morgan fingerprint density at radius 2 is 1.89 bits per heavy atom. The van der Waals surface area contributed by atoms with Crippen molar-refractivity contribution in [3.8, 4) is 0 Å². The van der Waals surface area contributed by atoms with Gasteiger partial charge >= 0.3 is 6.18 Å². The Bertz CT molecular complexity index is 1010. The van der Waals surface area contributed by atoms with E-state index in [0.29, 0.717) is 45.0 Å². The maximum absolute atomic E-state index is 13.2. The summed E-state index contributed by atoms with van der Waals surface area (Å²) < 4.78 is 41.0. The molecule has 3 rings (SSSR count). The van der Waals surface area contributed by atoms with Crippen molar-refractivity contribution in [1.82, 2.24) is 9.78 Å². The molecule has 0 spiro atoms. The summed E-state index contributed by atoms with van der Waals surface area (Å²) in [5, 5.41) is 14.9. The maximum Gasteiger partial charge on any atom is 0.416 e. The Kier molecular flexibility index (Phi) is 6.33. The van der Waals surface area contributed by atoms with Gasteiger partial charge in [-0.25, -0.2) is 0 Å². The van der Waals surface area contributed by atoms with Crippen molar-refractivity contribution in [2.24, 2.45) is 0 Å². The van der Waals surface area contributed by atoms with E-state index >= 15 is 0 Å². The normalized spacial score (nSPS) is 12.4. The van der Waals surface area contributed by atoms with Crippen molar-refractivity contribution < 1.29 is 18.3 Å². The zero-order valence-corrected chi connectivity index (χ0v) is 16.2. The number of unbranched alkanes of at least 4 members (excludes halogenated alkanes) is 1. The number of aliphatic hydroxyl groups is 1. The van der Waals surface area contributed by atoms with Crippen LogP contribution in [-0.2, 0) is 12.7 Å². The lowest BCUT2D eigenvalue weighted by atomic mass is 10.1. The quantitative estimate of drug-likeness (QED) is 0.474. The van der Waals surface area contributed by atoms with Crippen molar-refractivity contribution in [3.63, 3.8) is 0 Å². The van der Waals surface area contributed by atoms with E-state index in [1.165, 1.54) is 10.7 Å². The SMILES string of the molecule is OCCC/C=C/c1nn(Cc2ccc(Cl)cc2Cl)c2cc(C(F)(F)F)ccc12. The molecule has 0 aliphatic rings. The monoisotopic (exact) mass is 428 g/mol. The van der Waals surface area contributed by atoms with Gasteiger partial charge < -0.3 is 5.11 Å². The van der Waals surface area contributed by atoms with Gasteiger partial charge in [0.25, 0.3) is 0 Å². The van der Waals surface area contributed by atoms with Crippen molar-refractivity contribution in [2.75, 3.05) is 6.61 Å². The van der Waals surface area contributed by atoms with E-state index in [9.17, 15) is 13.2 Å². The number of alkyl halides is 3. The van der Waals surface area contributed by atoms with Gasteiger partial charge in [-0.15, -0.1) is 0 Å². The fourth-order valence-electron chi connectivity index (χ4n) is 2.83. The Morgan fingerprint density at radius 3 is 2.57 bits per heavy atom. The predicted molar refractivity (Wildman–Crippen MR) is 106 cm³/mol. The number of rotatable bonds is 6. The van der Waals surface area contributed by atoms with Gasteiger partial charge in [-0.2, -0.15) is 18.3 Å². The number of hydrogen-bond donors (Lipinski definition) is 1. The number of benzene rings is 2. The molecule has 0 amide bonds. The average Bonchev–Trinajstić information content (AvgIpc) is 2.97. The Morgan fingerprint density at radius 1 is 1.11 bits per heavy atom. The summed E-state index contributed by atoms with van der Waals surface area (Å²) in [6.45, 7) is 0.280. The predicted octanol–water partition coefficient (Wildman–Crippen LogP) is 6.20. The molecule has 2 aromatic carbocycles. The van der Waals surface area contributed by atoms with Crippen LogP contribution in [0.1, 0.15) is 29.7 Å². The van der Waals surface area contributed by atoms with Crippen LogP contribution in [0, 0.1) is 0 Å². The average molecular weight is 429 g/mol. The summed E-state index contributed by atoms with van der Waals surface area (Å²) in [6, 6.07) is 8.55. The molecule has 3 aromatic rings. The van der Waals surface area contributed by atoms with Gasteiger partial charge in [0, 0.05) is 22.0 Å². The van der Waals surface area contributed by atoms with Crippen molar-refractivity contribution in [1.29, 1.82) is 0 Å². The summed E-state index contributed by atoms with van der Waals surface area (Å²) in [7, 11) is 0. The molecule has 1 aromatic heterocycles. The summed E-state index contributed by atoms with van der Waals surface area (Å²) in [6.07, 6.45) is 0.404. The number of aliphatic hydroxyl groups excluding tert-OH is 1. The number of hydrogen-bond acceptors (Lipinski definition) is 2. The van der Waals surface area contributed by atoms with Crippen molar-refractivity contribution in [2.45, 2.75) is 25.6 Å². The van der Waals surface area contributed by atoms with Crippen LogP contribution < -0.4 is 0 Å². The Balaban J connectivity index is 2.06. The molecule has 0 fully saturated rings. The largest absolute Gasteiger partial charge is 0.416 e. The highest BCUT2D eigenvalue weighted by Crippen LogP contribution is 2.33. The molecule has 0 radical (unpaired) electrons. The van der Waals surface area contributed by atoms with E-state index < -0.39 is 11.7 Å². The second kappa shape index (κ2) is 8.55. The highest BCUT2D eigenvalue weighted by Gasteiger charge is 2.31. The fourth-order valence-corrected chi connectivity index (χ4v) is 3.30. The van der Waals surface area contributed by atoms with E-state index in [2.05, 4.69) is 5.10 Å². The van der Waals surface area contributed by atoms with E-state index in [0.717, 1.165) is 12.1 Å². The molecule has 0 saturated carbocycles. The van der Waals surface area contributed by atoms with Crippen LogP contribution in [0.5, 0.6) is 0 Å². The number of allylic oxidation sites excluding steroid dienone is 1. The van der Waals surface area contributed by atoms with Crippen LogP contribution in [0.2, 0.25) is 10.0 Å². The maximum atomic E-state index is 13.2. The molecule has 0 saturated heterocycles. The van der Waals surface area contributed by atoms with Crippen LogP contribution in [0.15, 0.2) is 42.5 Å². The fraction of sp³-hybridized carbons (Fsp3) is 0.250. The topological polar surface area (TPSA) is 38.1 Å². The third-order valence-corrected chi connectivity index (χ3v) is 4.83. The zero-order valence-electron chi connectivity index (χ0n) is 14.7. The molecular formula is C20H17Cl2F3N2O. The molecule has 0 aliphatic heterocycles. The summed E-state index contributed by atoms with van der Waals surface area (Å²) in [5.74, 6) is 0. The lowest BCUT2D eigenvalue weighted by Crippen LogP contribution is -2.06. The van der Waals surface area contributed by atoms with Gasteiger partial charge in [0.2, 0.25) is 0 Å². The minimum absolute atomic E-state index is 0.0730. The molecular weight excluding hydrogens is 412 g/mol. The first-order chi connectivity index (χ1) is 13.3. The summed E-state index contributed by atoms with van der Waals surface area (Å²) >= 11 is 12.1. The molecule has 0 bridgehead atoms. The third kappa shape index (κ3) is 4.69. The van der Waals surface area contributed by atoms with Gasteiger partial charge in [-0.1, -0.05) is 35.3 Å². The van der Waals surface area contributed by atoms with Crippen LogP contribution in [0.25, 0.3) is 17.0 Å². The molecule has 1 N–H and O–H groups in total. The molecule has 0 unspecified atom stereocenters. The molecule has 3 nitrogen and oxygen atoms in total. The van der Waals surface area contributed by atoms with Gasteiger partial charge in [-0.05, 0) is 54.8 Å². The second-order valence-electron chi connectivity index (χ2n) is 6.28. The summed E-state index contributed by atoms with van der Waals surface area (Å²) in [4.78, 5) is 0. The molecule has 0 atom stereocenters. The highest BCUT2D eigenvalue weighted by molar-refractivity contribution is 6.35.